The fraction of sp³-hybridized carbons (Fsp3) is 0.571. The second-order valence-electron chi connectivity index (χ2n) is 4.39. The molecule has 0 aliphatic rings. The highest BCUT2D eigenvalue weighted by Gasteiger charge is 2.11. The van der Waals surface area contributed by atoms with E-state index in [1.165, 1.54) is 6.07 Å². The van der Waals surface area contributed by atoms with Crippen LogP contribution in [-0.2, 0) is 0 Å². The summed E-state index contributed by atoms with van der Waals surface area (Å²) in [4.78, 5) is 2.31. The number of nitrogens with zero attached hydrogens (tertiary/aromatic N) is 1. The van der Waals surface area contributed by atoms with Crippen LogP contribution in [0, 0.1) is 5.82 Å². The third-order valence-corrected chi connectivity index (χ3v) is 3.85. The highest BCUT2D eigenvalue weighted by Crippen LogP contribution is 2.21. The lowest BCUT2D eigenvalue weighted by molar-refractivity contribution is 0.233. The van der Waals surface area contributed by atoms with E-state index in [1.807, 2.05) is 0 Å². The molecule has 1 aromatic carbocycles. The van der Waals surface area contributed by atoms with Gasteiger partial charge in [0.2, 0.25) is 0 Å². The van der Waals surface area contributed by atoms with Gasteiger partial charge in [-0.1, -0.05) is 19.9 Å². The van der Waals surface area contributed by atoms with Crippen molar-refractivity contribution < 1.29 is 9.50 Å². The van der Waals surface area contributed by atoms with Crippen molar-refractivity contribution in [3.05, 3.63) is 34.1 Å². The monoisotopic (exact) mass is 332 g/mol. The number of halogens is 2. The second-order valence-corrected chi connectivity index (χ2v) is 5.24. The largest absolute Gasteiger partial charge is 0.394 e. The molecule has 0 aliphatic heterocycles. The van der Waals surface area contributed by atoms with Crippen LogP contribution in [-0.4, -0.2) is 42.8 Å². The van der Waals surface area contributed by atoms with Gasteiger partial charge >= 0.3 is 0 Å². The maximum Gasteiger partial charge on any atom is 0.137 e. The number of likely N-dealkylation sites (N-methyl/N-ethyl adjacent to an activating group) is 1. The number of aliphatic hydroxyl groups is 1. The Morgan fingerprint density at radius 3 is 2.58 bits per heavy atom. The summed E-state index contributed by atoms with van der Waals surface area (Å²) in [6.07, 6.45) is 0. The van der Waals surface area contributed by atoms with Crippen molar-refractivity contribution in [1.82, 2.24) is 10.2 Å². The van der Waals surface area contributed by atoms with Gasteiger partial charge in [0.1, 0.15) is 5.82 Å². The lowest BCUT2D eigenvalue weighted by Gasteiger charge is -2.21. The van der Waals surface area contributed by atoms with Gasteiger partial charge in [-0.25, -0.2) is 4.39 Å². The van der Waals surface area contributed by atoms with Gasteiger partial charge in [0, 0.05) is 13.1 Å². The van der Waals surface area contributed by atoms with Crippen LogP contribution in [0.1, 0.15) is 25.5 Å². The summed E-state index contributed by atoms with van der Waals surface area (Å²) in [7, 11) is 0. The van der Waals surface area contributed by atoms with Crippen LogP contribution < -0.4 is 5.32 Å². The summed E-state index contributed by atoms with van der Waals surface area (Å²) in [5.41, 5.74) is 0.885. The Morgan fingerprint density at radius 1 is 1.37 bits per heavy atom. The summed E-state index contributed by atoms with van der Waals surface area (Å²) < 4.78 is 13.6. The minimum absolute atomic E-state index is 0.00365. The zero-order valence-corrected chi connectivity index (χ0v) is 13.1. The van der Waals surface area contributed by atoms with Gasteiger partial charge in [0.25, 0.3) is 0 Å². The molecule has 1 rings (SSSR count). The first-order valence-corrected chi connectivity index (χ1v) is 7.43. The lowest BCUT2D eigenvalue weighted by atomic mass is 10.1. The molecule has 0 radical (unpaired) electrons. The van der Waals surface area contributed by atoms with E-state index in [0.717, 1.165) is 31.7 Å². The predicted octanol–water partition coefficient (Wildman–Crippen LogP) is 2.55. The fourth-order valence-corrected chi connectivity index (χ4v) is 2.35. The zero-order valence-electron chi connectivity index (χ0n) is 11.5. The minimum atomic E-state index is -0.288. The molecule has 3 nitrogen and oxygen atoms in total. The number of nitrogens with one attached hydrogen (secondary N) is 1. The molecule has 1 atom stereocenters. The van der Waals surface area contributed by atoms with Gasteiger partial charge in [0.15, 0.2) is 0 Å². The standard InChI is InChI=1S/C14H22BrFN2O/c1-3-18(4-2)8-7-17-14(10-19)11-5-6-13(16)12(15)9-11/h5-6,9,14,17,19H,3-4,7-8,10H2,1-2H3. The maximum absolute atomic E-state index is 13.2. The molecule has 0 amide bonds. The van der Waals surface area contributed by atoms with Gasteiger partial charge in [-0.3, -0.25) is 0 Å². The Morgan fingerprint density at radius 2 is 2.05 bits per heavy atom. The summed E-state index contributed by atoms with van der Waals surface area (Å²) in [6, 6.07) is 4.66. The van der Waals surface area contributed by atoms with E-state index >= 15 is 0 Å². The first-order valence-electron chi connectivity index (χ1n) is 6.63. The van der Waals surface area contributed by atoms with Crippen LogP contribution in [0.25, 0.3) is 0 Å². The van der Waals surface area contributed by atoms with E-state index in [-0.39, 0.29) is 18.5 Å². The molecular weight excluding hydrogens is 311 g/mol. The van der Waals surface area contributed by atoms with Crippen LogP contribution in [0.5, 0.6) is 0 Å². The Hall–Kier alpha value is -0.490. The third-order valence-electron chi connectivity index (χ3n) is 3.24. The van der Waals surface area contributed by atoms with Crippen molar-refractivity contribution >= 4 is 15.9 Å². The molecule has 0 spiro atoms. The van der Waals surface area contributed by atoms with Crippen molar-refractivity contribution in [2.75, 3.05) is 32.8 Å². The molecule has 0 saturated carbocycles. The molecule has 0 aromatic heterocycles. The van der Waals surface area contributed by atoms with E-state index in [4.69, 9.17) is 0 Å². The molecule has 0 aliphatic carbocycles. The second kappa shape index (κ2) is 8.64. The Bertz CT molecular complexity index is 386. The van der Waals surface area contributed by atoms with Crippen molar-refractivity contribution in [3.63, 3.8) is 0 Å². The molecule has 0 fully saturated rings. The van der Waals surface area contributed by atoms with Crippen molar-refractivity contribution in [2.45, 2.75) is 19.9 Å². The van der Waals surface area contributed by atoms with Crippen LogP contribution in [0.3, 0.4) is 0 Å². The lowest BCUT2D eigenvalue weighted by Crippen LogP contribution is -2.34. The number of benzene rings is 1. The highest BCUT2D eigenvalue weighted by molar-refractivity contribution is 9.10. The molecule has 5 heteroatoms. The van der Waals surface area contributed by atoms with Crippen molar-refractivity contribution in [1.29, 1.82) is 0 Å². The van der Waals surface area contributed by atoms with Gasteiger partial charge in [0.05, 0.1) is 17.1 Å². The number of aliphatic hydroxyl groups excluding tert-OH is 1. The van der Waals surface area contributed by atoms with Crippen molar-refractivity contribution in [3.8, 4) is 0 Å². The van der Waals surface area contributed by atoms with Gasteiger partial charge in [-0.15, -0.1) is 0 Å². The molecule has 0 heterocycles. The number of hydrogen-bond donors (Lipinski definition) is 2. The average Bonchev–Trinajstić information content (AvgIpc) is 2.42. The van der Waals surface area contributed by atoms with E-state index < -0.39 is 0 Å². The van der Waals surface area contributed by atoms with Crippen LogP contribution in [0.4, 0.5) is 4.39 Å². The van der Waals surface area contributed by atoms with E-state index in [9.17, 15) is 9.50 Å². The van der Waals surface area contributed by atoms with Gasteiger partial charge < -0.3 is 15.3 Å². The van der Waals surface area contributed by atoms with E-state index in [0.29, 0.717) is 4.47 Å². The van der Waals surface area contributed by atoms with Crippen LogP contribution in [0.2, 0.25) is 0 Å². The first-order chi connectivity index (χ1) is 9.12. The number of rotatable bonds is 8. The average molecular weight is 333 g/mol. The SMILES string of the molecule is CCN(CC)CCNC(CO)c1ccc(F)c(Br)c1. The quantitative estimate of drug-likeness (QED) is 0.768. The summed E-state index contributed by atoms with van der Waals surface area (Å²) >= 11 is 3.16. The molecule has 2 N–H and O–H groups in total. The molecule has 108 valence electrons. The van der Waals surface area contributed by atoms with Crippen LogP contribution >= 0.6 is 15.9 Å². The summed E-state index contributed by atoms with van der Waals surface area (Å²) in [5, 5.41) is 12.7. The Balaban J connectivity index is 2.55. The topological polar surface area (TPSA) is 35.5 Å². The highest BCUT2D eigenvalue weighted by atomic mass is 79.9. The van der Waals surface area contributed by atoms with Gasteiger partial charge in [-0.05, 0) is 46.7 Å². The summed E-state index contributed by atoms with van der Waals surface area (Å²) in [6.45, 7) is 8.02. The zero-order chi connectivity index (χ0) is 14.3. The molecule has 0 saturated heterocycles. The van der Waals surface area contributed by atoms with Crippen LogP contribution in [0.15, 0.2) is 22.7 Å². The fourth-order valence-electron chi connectivity index (χ4n) is 1.95. The molecule has 19 heavy (non-hydrogen) atoms. The number of hydrogen-bond acceptors (Lipinski definition) is 3. The Labute approximate surface area is 122 Å². The van der Waals surface area contributed by atoms with Gasteiger partial charge in [-0.2, -0.15) is 0 Å². The normalized spacial score (nSPS) is 12.9. The van der Waals surface area contributed by atoms with E-state index in [1.54, 1.807) is 12.1 Å². The third kappa shape index (κ3) is 5.18. The molecule has 1 unspecified atom stereocenters. The van der Waals surface area contributed by atoms with E-state index in [2.05, 4.69) is 40.0 Å². The first kappa shape index (κ1) is 16.6. The molecular formula is C14H22BrFN2O. The van der Waals surface area contributed by atoms with Crippen molar-refractivity contribution in [2.24, 2.45) is 0 Å². The molecule has 1 aromatic rings. The molecule has 0 bridgehead atoms. The summed E-state index contributed by atoms with van der Waals surface area (Å²) in [5.74, 6) is -0.288. The minimum Gasteiger partial charge on any atom is -0.394 e. The smallest absolute Gasteiger partial charge is 0.137 e. The maximum atomic E-state index is 13.2. The Kier molecular flexibility index (Phi) is 7.53. The predicted molar refractivity (Wildman–Crippen MR) is 79.7 cm³/mol.